The van der Waals surface area contributed by atoms with Gasteiger partial charge >= 0.3 is 0 Å². The van der Waals surface area contributed by atoms with Crippen LogP contribution in [0.15, 0.2) is 24.3 Å². The lowest BCUT2D eigenvalue weighted by atomic mass is 9.83. The third kappa shape index (κ3) is 3.97. The third-order valence-electron chi connectivity index (χ3n) is 3.86. The molecule has 4 N–H and O–H groups in total. The molecule has 1 saturated carbocycles. The Hall–Kier alpha value is -2.04. The monoisotopic (exact) mass is 289 g/mol. The molecule has 1 aromatic carbocycles. The van der Waals surface area contributed by atoms with Gasteiger partial charge in [0, 0.05) is 24.7 Å². The Labute approximate surface area is 125 Å². The van der Waals surface area contributed by atoms with E-state index < -0.39 is 5.41 Å². The molecule has 114 valence electrons. The van der Waals surface area contributed by atoms with Crippen LogP contribution in [0.1, 0.15) is 32.3 Å². The van der Waals surface area contributed by atoms with Gasteiger partial charge in [-0.1, -0.05) is 12.1 Å². The van der Waals surface area contributed by atoms with Gasteiger partial charge in [0.1, 0.15) is 0 Å². The molecule has 0 spiro atoms. The minimum atomic E-state index is -0.631. The second-order valence-electron chi connectivity index (χ2n) is 6.07. The van der Waals surface area contributed by atoms with Gasteiger partial charge in [-0.05, 0) is 44.4 Å². The number of benzene rings is 1. The molecule has 0 bridgehead atoms. The van der Waals surface area contributed by atoms with E-state index in [9.17, 15) is 9.59 Å². The number of nitrogen functional groups attached to an aromatic ring is 1. The summed E-state index contributed by atoms with van der Waals surface area (Å²) in [5, 5.41) is 5.69. The van der Waals surface area contributed by atoms with Gasteiger partial charge in [0.05, 0.1) is 5.41 Å². The first-order chi connectivity index (χ1) is 9.91. The molecule has 0 aliphatic heterocycles. The summed E-state index contributed by atoms with van der Waals surface area (Å²) in [7, 11) is 0. The van der Waals surface area contributed by atoms with Crippen LogP contribution in [-0.4, -0.2) is 24.9 Å². The Morgan fingerprint density at radius 1 is 1.14 bits per heavy atom. The number of carbonyl (C=O) groups is 2. The van der Waals surface area contributed by atoms with Crippen molar-refractivity contribution >= 4 is 17.5 Å². The first kappa shape index (κ1) is 15.4. The summed E-state index contributed by atoms with van der Waals surface area (Å²) < 4.78 is 0. The third-order valence-corrected chi connectivity index (χ3v) is 3.86. The number of hydrogen-bond acceptors (Lipinski definition) is 3. The van der Waals surface area contributed by atoms with Crippen molar-refractivity contribution in [1.82, 2.24) is 10.6 Å². The molecular formula is C16H23N3O2. The van der Waals surface area contributed by atoms with Crippen molar-refractivity contribution in [2.24, 2.45) is 5.92 Å². The minimum Gasteiger partial charge on any atom is -0.399 e. The Balaban J connectivity index is 1.80. The van der Waals surface area contributed by atoms with E-state index in [4.69, 9.17) is 5.73 Å². The van der Waals surface area contributed by atoms with Gasteiger partial charge in [-0.25, -0.2) is 0 Å². The summed E-state index contributed by atoms with van der Waals surface area (Å²) in [4.78, 5) is 23.8. The van der Waals surface area contributed by atoms with Crippen LogP contribution < -0.4 is 16.4 Å². The number of amides is 2. The van der Waals surface area contributed by atoms with Gasteiger partial charge in [0.25, 0.3) is 0 Å². The van der Waals surface area contributed by atoms with E-state index in [0.29, 0.717) is 18.8 Å². The van der Waals surface area contributed by atoms with Crippen molar-refractivity contribution in [3.05, 3.63) is 29.8 Å². The van der Waals surface area contributed by atoms with Crippen LogP contribution in [0.4, 0.5) is 5.69 Å². The number of nitrogens with one attached hydrogen (secondary N) is 2. The molecule has 1 fully saturated rings. The van der Waals surface area contributed by atoms with Crippen LogP contribution in [-0.2, 0) is 15.0 Å². The fraction of sp³-hybridized carbons (Fsp3) is 0.500. The van der Waals surface area contributed by atoms with E-state index in [0.717, 1.165) is 18.4 Å². The number of rotatable bonds is 6. The molecule has 0 aromatic heterocycles. The maximum absolute atomic E-state index is 12.3. The Bertz CT molecular complexity index is 519. The molecule has 5 nitrogen and oxygen atoms in total. The minimum absolute atomic E-state index is 0.0621. The Morgan fingerprint density at radius 3 is 2.29 bits per heavy atom. The standard InChI is InChI=1S/C16H23N3O2/c1-16(2,12-5-7-13(17)8-6-12)15(21)19-10-9-18-14(20)11-3-4-11/h5-8,11H,3-4,9-10,17H2,1-2H3,(H,18,20)(H,19,21). The van der Waals surface area contributed by atoms with Crippen molar-refractivity contribution in [2.75, 3.05) is 18.8 Å². The second kappa shape index (κ2) is 6.16. The largest absolute Gasteiger partial charge is 0.399 e. The highest BCUT2D eigenvalue weighted by Crippen LogP contribution is 2.28. The molecule has 21 heavy (non-hydrogen) atoms. The maximum Gasteiger partial charge on any atom is 0.230 e. The summed E-state index contributed by atoms with van der Waals surface area (Å²) in [6.07, 6.45) is 1.98. The van der Waals surface area contributed by atoms with Crippen LogP contribution in [0.3, 0.4) is 0 Å². The summed E-state index contributed by atoms with van der Waals surface area (Å²) in [5.74, 6) is 0.238. The van der Waals surface area contributed by atoms with Gasteiger partial charge in [-0.15, -0.1) is 0 Å². The maximum atomic E-state index is 12.3. The average Bonchev–Trinajstić information content (AvgIpc) is 3.28. The van der Waals surface area contributed by atoms with Gasteiger partial charge in [-0.3, -0.25) is 9.59 Å². The van der Waals surface area contributed by atoms with Gasteiger partial charge in [-0.2, -0.15) is 0 Å². The molecule has 2 rings (SSSR count). The zero-order valence-corrected chi connectivity index (χ0v) is 12.6. The van der Waals surface area contributed by atoms with Crippen LogP contribution in [0, 0.1) is 5.92 Å². The van der Waals surface area contributed by atoms with Crippen molar-refractivity contribution in [2.45, 2.75) is 32.1 Å². The van der Waals surface area contributed by atoms with Crippen molar-refractivity contribution in [3.8, 4) is 0 Å². The van der Waals surface area contributed by atoms with Gasteiger partial charge in [0.15, 0.2) is 0 Å². The van der Waals surface area contributed by atoms with Crippen molar-refractivity contribution in [3.63, 3.8) is 0 Å². The first-order valence-corrected chi connectivity index (χ1v) is 7.33. The van der Waals surface area contributed by atoms with Gasteiger partial charge in [0.2, 0.25) is 11.8 Å². The number of hydrogen-bond donors (Lipinski definition) is 3. The zero-order chi connectivity index (χ0) is 15.5. The fourth-order valence-electron chi connectivity index (χ4n) is 2.10. The summed E-state index contributed by atoms with van der Waals surface area (Å²) in [6.45, 7) is 4.65. The summed E-state index contributed by atoms with van der Waals surface area (Å²) >= 11 is 0. The first-order valence-electron chi connectivity index (χ1n) is 7.33. The molecule has 1 aliphatic rings. The lowest BCUT2D eigenvalue weighted by molar-refractivity contribution is -0.126. The normalized spacial score (nSPS) is 14.6. The zero-order valence-electron chi connectivity index (χ0n) is 12.6. The molecule has 0 radical (unpaired) electrons. The molecule has 0 saturated heterocycles. The highest BCUT2D eigenvalue weighted by Gasteiger charge is 2.30. The quantitative estimate of drug-likeness (QED) is 0.543. The summed E-state index contributed by atoms with van der Waals surface area (Å²) in [5.41, 5.74) is 6.62. The Kier molecular flexibility index (Phi) is 4.50. The predicted octanol–water partition coefficient (Wildman–Crippen LogP) is 1.19. The SMILES string of the molecule is CC(C)(C(=O)NCCNC(=O)C1CC1)c1ccc(N)cc1. The molecule has 2 amide bonds. The second-order valence-corrected chi connectivity index (χ2v) is 6.07. The lowest BCUT2D eigenvalue weighted by Crippen LogP contribution is -2.43. The van der Waals surface area contributed by atoms with Crippen molar-refractivity contribution in [1.29, 1.82) is 0 Å². The molecule has 0 atom stereocenters. The van der Waals surface area contributed by atoms with E-state index >= 15 is 0 Å². The molecule has 0 unspecified atom stereocenters. The topological polar surface area (TPSA) is 84.2 Å². The molecule has 1 aliphatic carbocycles. The lowest BCUT2D eigenvalue weighted by Gasteiger charge is -2.24. The summed E-state index contributed by atoms with van der Waals surface area (Å²) in [6, 6.07) is 7.31. The van der Waals surface area contributed by atoms with Crippen LogP contribution >= 0.6 is 0 Å². The van der Waals surface area contributed by atoms with Crippen molar-refractivity contribution < 1.29 is 9.59 Å². The molecule has 1 aromatic rings. The van der Waals surface area contributed by atoms with Crippen LogP contribution in [0.25, 0.3) is 0 Å². The highest BCUT2D eigenvalue weighted by atomic mass is 16.2. The average molecular weight is 289 g/mol. The highest BCUT2D eigenvalue weighted by molar-refractivity contribution is 5.87. The van der Waals surface area contributed by atoms with E-state index in [1.807, 2.05) is 26.0 Å². The van der Waals surface area contributed by atoms with E-state index in [2.05, 4.69) is 10.6 Å². The van der Waals surface area contributed by atoms with E-state index in [-0.39, 0.29) is 17.7 Å². The predicted molar refractivity (Wildman–Crippen MR) is 82.6 cm³/mol. The van der Waals surface area contributed by atoms with E-state index in [1.54, 1.807) is 12.1 Å². The number of nitrogens with two attached hydrogens (primary N) is 1. The van der Waals surface area contributed by atoms with Crippen LogP contribution in [0.5, 0.6) is 0 Å². The smallest absolute Gasteiger partial charge is 0.230 e. The Morgan fingerprint density at radius 2 is 1.71 bits per heavy atom. The van der Waals surface area contributed by atoms with Gasteiger partial charge < -0.3 is 16.4 Å². The fourth-order valence-corrected chi connectivity index (χ4v) is 2.10. The number of carbonyl (C=O) groups excluding carboxylic acids is 2. The molecule has 5 heteroatoms. The number of anilines is 1. The molecular weight excluding hydrogens is 266 g/mol. The molecule has 0 heterocycles. The van der Waals surface area contributed by atoms with E-state index in [1.165, 1.54) is 0 Å². The van der Waals surface area contributed by atoms with Crippen LogP contribution in [0.2, 0.25) is 0 Å².